The SMILES string of the molecule is Cc1ccn(-c2nc(N)cnc2-c2cc(Cl)c3ncccc3c2)c1. The van der Waals surface area contributed by atoms with Crippen LogP contribution in [0.2, 0.25) is 5.02 Å². The molecule has 0 saturated heterocycles. The second kappa shape index (κ2) is 5.62. The minimum atomic E-state index is 0.369. The fourth-order valence-electron chi connectivity index (χ4n) is 2.70. The van der Waals surface area contributed by atoms with Gasteiger partial charge in [0, 0.05) is 29.5 Å². The first kappa shape index (κ1) is 14.7. The van der Waals surface area contributed by atoms with Crippen LogP contribution in [-0.2, 0) is 0 Å². The lowest BCUT2D eigenvalue weighted by Gasteiger charge is -2.11. The number of pyridine rings is 1. The van der Waals surface area contributed by atoms with Crippen LogP contribution < -0.4 is 5.73 Å². The first-order valence-corrected chi connectivity index (χ1v) is 7.82. The molecule has 0 spiro atoms. The molecule has 24 heavy (non-hydrogen) atoms. The Balaban J connectivity index is 1.97. The van der Waals surface area contributed by atoms with Crippen molar-refractivity contribution in [3.63, 3.8) is 0 Å². The van der Waals surface area contributed by atoms with Crippen LogP contribution in [0.3, 0.4) is 0 Å². The van der Waals surface area contributed by atoms with Crippen molar-refractivity contribution in [3.8, 4) is 17.1 Å². The summed E-state index contributed by atoms with van der Waals surface area (Å²) in [6.45, 7) is 2.02. The number of nitrogens with two attached hydrogens (primary N) is 1. The summed E-state index contributed by atoms with van der Waals surface area (Å²) in [5, 5.41) is 1.53. The molecule has 6 heteroatoms. The van der Waals surface area contributed by atoms with E-state index >= 15 is 0 Å². The van der Waals surface area contributed by atoms with Crippen LogP contribution in [0.15, 0.2) is 55.1 Å². The van der Waals surface area contributed by atoms with E-state index < -0.39 is 0 Å². The fraction of sp³-hybridized carbons (Fsp3) is 0.0556. The van der Waals surface area contributed by atoms with Crippen molar-refractivity contribution in [2.45, 2.75) is 6.92 Å². The van der Waals surface area contributed by atoms with Crippen LogP contribution in [0.5, 0.6) is 0 Å². The second-order valence-corrected chi connectivity index (χ2v) is 6.00. The third kappa shape index (κ3) is 2.49. The molecule has 0 unspecified atom stereocenters. The minimum Gasteiger partial charge on any atom is -0.382 e. The highest BCUT2D eigenvalue weighted by Gasteiger charge is 2.14. The number of hydrogen-bond acceptors (Lipinski definition) is 4. The van der Waals surface area contributed by atoms with Gasteiger partial charge in [0.1, 0.15) is 11.5 Å². The third-order valence-electron chi connectivity index (χ3n) is 3.79. The maximum Gasteiger partial charge on any atom is 0.165 e. The Hall–Kier alpha value is -2.92. The van der Waals surface area contributed by atoms with E-state index in [1.165, 1.54) is 0 Å². The highest BCUT2D eigenvalue weighted by molar-refractivity contribution is 6.35. The molecule has 4 aromatic rings. The molecule has 5 nitrogen and oxygen atoms in total. The highest BCUT2D eigenvalue weighted by atomic mass is 35.5. The Kier molecular flexibility index (Phi) is 3.43. The van der Waals surface area contributed by atoms with Gasteiger partial charge in [0.05, 0.1) is 16.7 Å². The third-order valence-corrected chi connectivity index (χ3v) is 4.08. The van der Waals surface area contributed by atoms with Crippen LogP contribution in [0, 0.1) is 6.92 Å². The van der Waals surface area contributed by atoms with E-state index in [0.29, 0.717) is 22.4 Å². The van der Waals surface area contributed by atoms with E-state index in [2.05, 4.69) is 15.0 Å². The monoisotopic (exact) mass is 335 g/mol. The number of nitrogens with zero attached hydrogens (tertiary/aromatic N) is 4. The first-order valence-electron chi connectivity index (χ1n) is 7.44. The smallest absolute Gasteiger partial charge is 0.165 e. The molecule has 3 heterocycles. The number of nitrogen functional groups attached to an aromatic ring is 1. The first-order chi connectivity index (χ1) is 11.6. The average molecular weight is 336 g/mol. The molecule has 4 rings (SSSR count). The van der Waals surface area contributed by atoms with E-state index in [1.807, 2.05) is 54.2 Å². The molecule has 0 atom stereocenters. The number of aryl methyl sites for hydroxylation is 1. The molecular weight excluding hydrogens is 322 g/mol. The number of fused-ring (bicyclic) bond motifs is 1. The Morgan fingerprint density at radius 1 is 1.17 bits per heavy atom. The van der Waals surface area contributed by atoms with Crippen LogP contribution in [0.25, 0.3) is 28.0 Å². The summed E-state index contributed by atoms with van der Waals surface area (Å²) in [5.41, 5.74) is 9.33. The zero-order valence-electron chi connectivity index (χ0n) is 12.9. The molecule has 0 aliphatic rings. The molecule has 0 radical (unpaired) electrons. The number of benzene rings is 1. The summed E-state index contributed by atoms with van der Waals surface area (Å²) >= 11 is 6.40. The molecule has 0 fully saturated rings. The number of aromatic nitrogens is 4. The topological polar surface area (TPSA) is 69.6 Å². The van der Waals surface area contributed by atoms with Gasteiger partial charge < -0.3 is 10.3 Å². The standard InChI is InChI=1S/C18H14ClN5/c1-11-4-6-24(10-11)18-17(22-9-15(20)23-18)13-7-12-3-2-5-21-16(12)14(19)8-13/h2-10H,1H3,(H2,20,23). The van der Waals surface area contributed by atoms with Crippen molar-refractivity contribution >= 4 is 28.3 Å². The van der Waals surface area contributed by atoms with Gasteiger partial charge in [-0.05, 0) is 36.8 Å². The molecule has 2 N–H and O–H groups in total. The normalized spacial score (nSPS) is 11.1. The lowest BCUT2D eigenvalue weighted by atomic mass is 10.1. The van der Waals surface area contributed by atoms with Crippen molar-refractivity contribution in [1.82, 2.24) is 19.5 Å². The number of anilines is 1. The summed E-state index contributed by atoms with van der Waals surface area (Å²) in [7, 11) is 0. The fourth-order valence-corrected chi connectivity index (χ4v) is 2.97. The van der Waals surface area contributed by atoms with Crippen molar-refractivity contribution < 1.29 is 0 Å². The molecule has 0 amide bonds. The lowest BCUT2D eigenvalue weighted by Crippen LogP contribution is -2.03. The zero-order valence-corrected chi connectivity index (χ0v) is 13.7. The molecule has 118 valence electrons. The average Bonchev–Trinajstić information content (AvgIpc) is 3.01. The van der Waals surface area contributed by atoms with Crippen molar-refractivity contribution in [2.24, 2.45) is 0 Å². The summed E-state index contributed by atoms with van der Waals surface area (Å²) in [6, 6.07) is 9.73. The molecule has 0 aliphatic heterocycles. The lowest BCUT2D eigenvalue weighted by molar-refractivity contribution is 0.990. The van der Waals surface area contributed by atoms with Gasteiger partial charge in [-0.25, -0.2) is 9.97 Å². The van der Waals surface area contributed by atoms with Gasteiger partial charge in [-0.3, -0.25) is 4.98 Å². The van der Waals surface area contributed by atoms with Gasteiger partial charge in [-0.2, -0.15) is 0 Å². The zero-order chi connectivity index (χ0) is 16.7. The summed E-state index contributed by atoms with van der Waals surface area (Å²) in [5.74, 6) is 1.04. The van der Waals surface area contributed by atoms with E-state index in [0.717, 1.165) is 22.0 Å². The van der Waals surface area contributed by atoms with Gasteiger partial charge in [-0.1, -0.05) is 17.7 Å². The van der Waals surface area contributed by atoms with Crippen molar-refractivity contribution in [2.75, 3.05) is 5.73 Å². The Bertz CT molecular complexity index is 1050. The Morgan fingerprint density at radius 3 is 2.83 bits per heavy atom. The van der Waals surface area contributed by atoms with E-state index in [-0.39, 0.29) is 0 Å². The number of halogens is 1. The Labute approximate surface area is 143 Å². The minimum absolute atomic E-state index is 0.369. The van der Waals surface area contributed by atoms with Gasteiger partial charge in [0.25, 0.3) is 0 Å². The summed E-state index contributed by atoms with van der Waals surface area (Å²) in [6.07, 6.45) is 7.20. The van der Waals surface area contributed by atoms with Crippen molar-refractivity contribution in [3.05, 3.63) is 65.7 Å². The molecule has 0 aliphatic carbocycles. The molecule has 3 aromatic heterocycles. The largest absolute Gasteiger partial charge is 0.382 e. The molecule has 0 bridgehead atoms. The highest BCUT2D eigenvalue weighted by Crippen LogP contribution is 2.31. The van der Waals surface area contributed by atoms with E-state index in [9.17, 15) is 0 Å². The van der Waals surface area contributed by atoms with Gasteiger partial charge in [0.15, 0.2) is 5.82 Å². The number of rotatable bonds is 2. The van der Waals surface area contributed by atoms with E-state index in [1.54, 1.807) is 12.4 Å². The summed E-state index contributed by atoms with van der Waals surface area (Å²) in [4.78, 5) is 13.3. The van der Waals surface area contributed by atoms with Gasteiger partial charge in [-0.15, -0.1) is 0 Å². The Morgan fingerprint density at radius 2 is 2.04 bits per heavy atom. The van der Waals surface area contributed by atoms with Gasteiger partial charge >= 0.3 is 0 Å². The summed E-state index contributed by atoms with van der Waals surface area (Å²) < 4.78 is 1.91. The number of hydrogen-bond donors (Lipinski definition) is 1. The van der Waals surface area contributed by atoms with Crippen LogP contribution >= 0.6 is 11.6 Å². The molecular formula is C18H14ClN5. The predicted molar refractivity (Wildman–Crippen MR) is 96.3 cm³/mol. The predicted octanol–water partition coefficient (Wildman–Crippen LogP) is 4.03. The van der Waals surface area contributed by atoms with Gasteiger partial charge in [0.2, 0.25) is 0 Å². The van der Waals surface area contributed by atoms with Crippen molar-refractivity contribution in [1.29, 1.82) is 0 Å². The quantitative estimate of drug-likeness (QED) is 0.600. The maximum atomic E-state index is 6.40. The second-order valence-electron chi connectivity index (χ2n) is 5.60. The van der Waals surface area contributed by atoms with E-state index in [4.69, 9.17) is 17.3 Å². The molecule has 1 aromatic carbocycles. The van der Waals surface area contributed by atoms with Crippen LogP contribution in [0.1, 0.15) is 5.56 Å². The van der Waals surface area contributed by atoms with Crippen LogP contribution in [-0.4, -0.2) is 19.5 Å². The maximum absolute atomic E-state index is 6.40. The molecule has 0 saturated carbocycles. The van der Waals surface area contributed by atoms with Crippen LogP contribution in [0.4, 0.5) is 5.82 Å².